The van der Waals surface area contributed by atoms with Crippen molar-refractivity contribution in [2.24, 2.45) is 5.73 Å². The maximum absolute atomic E-state index is 12.8. The monoisotopic (exact) mass is 449 g/mol. The maximum Gasteiger partial charge on any atom is 0.328 e. The van der Waals surface area contributed by atoms with Gasteiger partial charge in [0.05, 0.1) is 12.6 Å². The SMILES string of the molecule is N[C@H](Cc1ccc2ccccc2c1)C(=O)N[C@H](Cc1ccccc1)C(=O)N[C@H](CO)C(=O)O. The molecule has 0 spiro atoms. The molecule has 0 aliphatic rings. The van der Waals surface area contributed by atoms with Crippen molar-refractivity contribution in [3.05, 3.63) is 83.9 Å². The number of amides is 2. The van der Waals surface area contributed by atoms with Gasteiger partial charge < -0.3 is 26.6 Å². The fourth-order valence-electron chi connectivity index (χ4n) is 3.51. The first kappa shape index (κ1) is 23.9. The molecular weight excluding hydrogens is 422 g/mol. The van der Waals surface area contributed by atoms with E-state index < -0.39 is 42.5 Å². The van der Waals surface area contributed by atoms with Crippen molar-refractivity contribution in [1.29, 1.82) is 0 Å². The van der Waals surface area contributed by atoms with Crippen LogP contribution >= 0.6 is 0 Å². The Morgan fingerprint density at radius 1 is 0.758 bits per heavy atom. The molecule has 33 heavy (non-hydrogen) atoms. The summed E-state index contributed by atoms with van der Waals surface area (Å²) >= 11 is 0. The number of benzene rings is 3. The van der Waals surface area contributed by atoms with Gasteiger partial charge in [0.25, 0.3) is 0 Å². The van der Waals surface area contributed by atoms with Gasteiger partial charge in [0.2, 0.25) is 11.8 Å². The number of nitrogens with two attached hydrogens (primary N) is 1. The minimum atomic E-state index is -1.47. The molecule has 3 aromatic rings. The number of nitrogens with one attached hydrogen (secondary N) is 2. The maximum atomic E-state index is 12.8. The number of aliphatic hydroxyl groups excluding tert-OH is 1. The number of aliphatic carboxylic acids is 1. The summed E-state index contributed by atoms with van der Waals surface area (Å²) in [5.41, 5.74) is 7.79. The first-order valence-electron chi connectivity index (χ1n) is 10.6. The van der Waals surface area contributed by atoms with Crippen LogP contribution < -0.4 is 16.4 Å². The van der Waals surface area contributed by atoms with Crippen LogP contribution in [0.2, 0.25) is 0 Å². The fraction of sp³-hybridized carbons (Fsp3) is 0.240. The molecule has 0 aliphatic carbocycles. The third-order valence-electron chi connectivity index (χ3n) is 5.32. The topological polar surface area (TPSA) is 142 Å². The number of carboxylic acids is 1. The van der Waals surface area contributed by atoms with Gasteiger partial charge >= 0.3 is 5.97 Å². The summed E-state index contributed by atoms with van der Waals surface area (Å²) < 4.78 is 0. The van der Waals surface area contributed by atoms with Crippen LogP contribution in [0.5, 0.6) is 0 Å². The molecule has 0 radical (unpaired) electrons. The van der Waals surface area contributed by atoms with Gasteiger partial charge in [0.15, 0.2) is 0 Å². The van der Waals surface area contributed by atoms with Gasteiger partial charge in [-0.1, -0.05) is 72.8 Å². The molecule has 8 nitrogen and oxygen atoms in total. The molecule has 0 bridgehead atoms. The summed E-state index contributed by atoms with van der Waals surface area (Å²) in [7, 11) is 0. The van der Waals surface area contributed by atoms with Gasteiger partial charge in [-0.15, -0.1) is 0 Å². The molecule has 0 heterocycles. The molecule has 0 aromatic heterocycles. The van der Waals surface area contributed by atoms with Gasteiger partial charge in [-0.25, -0.2) is 4.79 Å². The average molecular weight is 450 g/mol. The molecule has 172 valence electrons. The second kappa shape index (κ2) is 11.2. The van der Waals surface area contributed by atoms with Crippen molar-refractivity contribution in [2.45, 2.75) is 31.0 Å². The molecular formula is C25H27N3O5. The van der Waals surface area contributed by atoms with Gasteiger partial charge in [-0.3, -0.25) is 9.59 Å². The quantitative estimate of drug-likeness (QED) is 0.313. The second-order valence-corrected chi connectivity index (χ2v) is 7.83. The first-order valence-corrected chi connectivity index (χ1v) is 10.6. The zero-order valence-corrected chi connectivity index (χ0v) is 18.0. The minimum Gasteiger partial charge on any atom is -0.480 e. The number of carbonyl (C=O) groups is 3. The predicted molar refractivity (Wildman–Crippen MR) is 124 cm³/mol. The lowest BCUT2D eigenvalue weighted by molar-refractivity contribution is -0.143. The second-order valence-electron chi connectivity index (χ2n) is 7.83. The number of hydrogen-bond acceptors (Lipinski definition) is 5. The van der Waals surface area contributed by atoms with E-state index in [0.717, 1.165) is 21.9 Å². The van der Waals surface area contributed by atoms with Crippen LogP contribution in [0.25, 0.3) is 10.8 Å². The van der Waals surface area contributed by atoms with Crippen molar-refractivity contribution >= 4 is 28.6 Å². The van der Waals surface area contributed by atoms with Gasteiger partial charge in [-0.05, 0) is 28.3 Å². The number of carboxylic acid groups (broad SMARTS) is 1. The number of carbonyl (C=O) groups excluding carboxylic acids is 2. The molecule has 0 saturated carbocycles. The summed E-state index contributed by atoms with van der Waals surface area (Å²) in [6, 6.07) is 19.2. The molecule has 3 rings (SSSR count). The number of rotatable bonds is 10. The smallest absolute Gasteiger partial charge is 0.328 e. The zero-order valence-electron chi connectivity index (χ0n) is 18.0. The number of hydrogen-bond donors (Lipinski definition) is 5. The summed E-state index contributed by atoms with van der Waals surface area (Å²) in [5.74, 6) is -2.62. The Morgan fingerprint density at radius 2 is 1.39 bits per heavy atom. The largest absolute Gasteiger partial charge is 0.480 e. The summed E-state index contributed by atoms with van der Waals surface area (Å²) in [6.45, 7) is -0.769. The van der Waals surface area contributed by atoms with Crippen LogP contribution in [0, 0.1) is 0 Å². The van der Waals surface area contributed by atoms with E-state index in [-0.39, 0.29) is 12.8 Å². The summed E-state index contributed by atoms with van der Waals surface area (Å²) in [6.07, 6.45) is 0.406. The Labute approximate surface area is 191 Å². The van der Waals surface area contributed by atoms with E-state index in [1.54, 1.807) is 24.3 Å². The molecule has 3 atom stereocenters. The third-order valence-corrected chi connectivity index (χ3v) is 5.32. The standard InChI is InChI=1S/C25H27N3O5/c26-20(13-17-10-11-18-8-4-5-9-19(18)12-17)23(30)27-21(14-16-6-2-1-3-7-16)24(31)28-22(15-29)25(32)33/h1-12,20-22,29H,13-15,26H2,(H,27,30)(H,28,31)(H,32,33)/t20-,21-,22-/m1/s1. The van der Waals surface area contributed by atoms with Crippen LogP contribution in [-0.2, 0) is 27.2 Å². The molecule has 6 N–H and O–H groups in total. The summed E-state index contributed by atoms with van der Waals surface area (Å²) in [4.78, 5) is 36.8. The molecule has 0 fully saturated rings. The third kappa shape index (κ3) is 6.61. The Morgan fingerprint density at radius 3 is 2.06 bits per heavy atom. The lowest BCUT2D eigenvalue weighted by Crippen LogP contribution is -2.56. The highest BCUT2D eigenvalue weighted by molar-refractivity contribution is 5.92. The van der Waals surface area contributed by atoms with E-state index in [0.29, 0.717) is 0 Å². The van der Waals surface area contributed by atoms with E-state index >= 15 is 0 Å². The number of fused-ring (bicyclic) bond motifs is 1. The van der Waals surface area contributed by atoms with E-state index in [2.05, 4.69) is 10.6 Å². The molecule has 0 unspecified atom stereocenters. The Bertz CT molecular complexity index is 1120. The van der Waals surface area contributed by atoms with Gasteiger partial charge in [-0.2, -0.15) is 0 Å². The van der Waals surface area contributed by atoms with Crippen LogP contribution in [0.4, 0.5) is 0 Å². The minimum absolute atomic E-state index is 0.138. The van der Waals surface area contributed by atoms with Crippen molar-refractivity contribution < 1.29 is 24.6 Å². The fourth-order valence-corrected chi connectivity index (χ4v) is 3.51. The van der Waals surface area contributed by atoms with Crippen molar-refractivity contribution in [3.8, 4) is 0 Å². The van der Waals surface area contributed by atoms with E-state index in [4.69, 9.17) is 10.8 Å². The van der Waals surface area contributed by atoms with Gasteiger partial charge in [0, 0.05) is 6.42 Å². The highest BCUT2D eigenvalue weighted by Crippen LogP contribution is 2.16. The Hall–Kier alpha value is -3.75. The predicted octanol–water partition coefficient (Wildman–Crippen LogP) is 0.999. The van der Waals surface area contributed by atoms with Crippen LogP contribution in [0.1, 0.15) is 11.1 Å². The number of aliphatic hydroxyl groups is 1. The molecule has 3 aromatic carbocycles. The first-order chi connectivity index (χ1) is 15.9. The average Bonchev–Trinajstić information content (AvgIpc) is 2.82. The summed E-state index contributed by atoms with van der Waals surface area (Å²) in [5, 5.41) is 25.4. The van der Waals surface area contributed by atoms with Crippen LogP contribution in [0.3, 0.4) is 0 Å². The van der Waals surface area contributed by atoms with Crippen LogP contribution in [-0.4, -0.2) is 52.7 Å². The molecule has 2 amide bonds. The van der Waals surface area contributed by atoms with E-state index in [9.17, 15) is 19.5 Å². The van der Waals surface area contributed by atoms with E-state index in [1.807, 2.05) is 48.5 Å². The molecule has 8 heteroatoms. The Balaban J connectivity index is 1.71. The zero-order chi connectivity index (χ0) is 23.8. The van der Waals surface area contributed by atoms with Crippen molar-refractivity contribution in [3.63, 3.8) is 0 Å². The van der Waals surface area contributed by atoms with Gasteiger partial charge in [0.1, 0.15) is 12.1 Å². The highest BCUT2D eigenvalue weighted by Gasteiger charge is 2.28. The lowest BCUT2D eigenvalue weighted by atomic mass is 10.0. The normalized spacial score (nSPS) is 13.6. The highest BCUT2D eigenvalue weighted by atomic mass is 16.4. The van der Waals surface area contributed by atoms with Crippen LogP contribution in [0.15, 0.2) is 72.8 Å². The molecule has 0 aliphatic heterocycles. The van der Waals surface area contributed by atoms with Crippen molar-refractivity contribution in [1.82, 2.24) is 10.6 Å². The van der Waals surface area contributed by atoms with Crippen molar-refractivity contribution in [2.75, 3.05) is 6.61 Å². The lowest BCUT2D eigenvalue weighted by Gasteiger charge is -2.22. The molecule has 0 saturated heterocycles. The van der Waals surface area contributed by atoms with E-state index in [1.165, 1.54) is 0 Å². The Kier molecular flexibility index (Phi) is 8.12.